The molecule has 6 nitrogen and oxygen atoms in total. The van der Waals surface area contributed by atoms with Gasteiger partial charge in [-0.1, -0.05) is 24.4 Å². The highest BCUT2D eigenvalue weighted by Gasteiger charge is 2.34. The smallest absolute Gasteiger partial charge is 0.197 e. The van der Waals surface area contributed by atoms with Crippen LogP contribution < -0.4 is 21.1 Å². The molecule has 0 bridgehead atoms. The molecule has 3 aromatic carbocycles. The number of nitrogens with two attached hydrogens (primary N) is 2. The predicted molar refractivity (Wildman–Crippen MR) is 170 cm³/mol. The summed E-state index contributed by atoms with van der Waals surface area (Å²) in [4.78, 5) is 3.30. The maximum atomic E-state index is 10.4. The molecule has 1 atom stereocenters. The third-order valence-corrected chi connectivity index (χ3v) is 8.56. The number of thiocarbonyl (C=S) groups is 1. The first-order valence-electron chi connectivity index (χ1n) is 12.7. The quantitative estimate of drug-likeness (QED) is 0.0990. The van der Waals surface area contributed by atoms with Crippen LogP contribution in [0.5, 0.6) is 11.5 Å². The van der Waals surface area contributed by atoms with Crippen LogP contribution in [0.2, 0.25) is 0 Å². The van der Waals surface area contributed by atoms with E-state index >= 15 is 0 Å². The van der Waals surface area contributed by atoms with E-state index in [9.17, 15) is 5.11 Å². The van der Waals surface area contributed by atoms with Crippen LogP contribution in [0, 0.1) is 26.2 Å². The number of phenolic OH excluding ortho intramolecular Hbond substituents is 1. The van der Waals surface area contributed by atoms with Gasteiger partial charge in [-0.3, -0.25) is 10.3 Å². The van der Waals surface area contributed by atoms with Gasteiger partial charge in [0.15, 0.2) is 5.96 Å². The molecular weight excluding hydrogens is 548 g/mol. The molecule has 0 saturated heterocycles. The van der Waals surface area contributed by atoms with Gasteiger partial charge in [-0.2, -0.15) is 0 Å². The second kappa shape index (κ2) is 12.5. The standard InChI is InChI=1S/C30H36N4O2S2.ClH/c1-18-19(2)28-25(20(3)27(18)35)13-14-30(4,36-28)15-16-38-24-11-9-23(10-12-24)34(29(32)33)22-7-5-21(6-8-22)17-26(31)37;/h5-12,35H,13-17H2,1-4H3,(H2,31,37)(H3,32,33);1H. The normalized spacial score (nSPS) is 16.0. The third kappa shape index (κ3) is 6.80. The van der Waals surface area contributed by atoms with Crippen molar-refractivity contribution >= 4 is 58.7 Å². The van der Waals surface area contributed by atoms with Crippen molar-refractivity contribution in [2.24, 2.45) is 11.5 Å². The number of guanidine groups is 1. The van der Waals surface area contributed by atoms with Crippen molar-refractivity contribution in [3.05, 3.63) is 76.3 Å². The Morgan fingerprint density at radius 2 is 1.62 bits per heavy atom. The Morgan fingerprint density at radius 1 is 1.03 bits per heavy atom. The second-order valence-corrected chi connectivity index (χ2v) is 11.9. The summed E-state index contributed by atoms with van der Waals surface area (Å²) < 4.78 is 6.58. The van der Waals surface area contributed by atoms with Crippen LogP contribution in [-0.4, -0.2) is 27.4 Å². The van der Waals surface area contributed by atoms with Gasteiger partial charge < -0.3 is 21.3 Å². The summed E-state index contributed by atoms with van der Waals surface area (Å²) in [5.74, 6) is 2.21. The molecule has 1 aliphatic rings. The van der Waals surface area contributed by atoms with Crippen LogP contribution in [0.4, 0.5) is 11.4 Å². The fourth-order valence-electron chi connectivity index (χ4n) is 4.94. The summed E-state index contributed by atoms with van der Waals surface area (Å²) in [6.45, 7) is 8.15. The number of phenols is 1. The Balaban J connectivity index is 0.00000420. The molecule has 1 aliphatic heterocycles. The molecule has 0 saturated carbocycles. The number of nitrogens with one attached hydrogen (secondary N) is 1. The minimum Gasteiger partial charge on any atom is -0.507 e. The lowest BCUT2D eigenvalue weighted by molar-refractivity contribution is 0.0610. The Kier molecular flexibility index (Phi) is 9.80. The number of aromatic hydroxyl groups is 1. The summed E-state index contributed by atoms with van der Waals surface area (Å²) >= 11 is 6.79. The van der Waals surface area contributed by atoms with Crippen LogP contribution in [0.3, 0.4) is 0 Å². The Labute approximate surface area is 247 Å². The zero-order chi connectivity index (χ0) is 27.6. The number of fused-ring (bicyclic) bond motifs is 1. The van der Waals surface area contributed by atoms with E-state index in [2.05, 4.69) is 19.1 Å². The van der Waals surface area contributed by atoms with E-state index < -0.39 is 0 Å². The molecule has 0 fully saturated rings. The van der Waals surface area contributed by atoms with Gasteiger partial charge in [0.05, 0.1) is 4.99 Å². The molecule has 1 unspecified atom stereocenters. The van der Waals surface area contributed by atoms with Crippen LogP contribution in [0.25, 0.3) is 0 Å². The van der Waals surface area contributed by atoms with Crippen LogP contribution in [0.1, 0.15) is 47.6 Å². The fraction of sp³-hybridized carbons (Fsp3) is 0.333. The van der Waals surface area contributed by atoms with Gasteiger partial charge in [0.2, 0.25) is 0 Å². The molecule has 6 N–H and O–H groups in total. The maximum Gasteiger partial charge on any atom is 0.197 e. The molecule has 39 heavy (non-hydrogen) atoms. The van der Waals surface area contributed by atoms with E-state index in [0.29, 0.717) is 17.2 Å². The van der Waals surface area contributed by atoms with Gasteiger partial charge in [-0.05, 0) is 106 Å². The van der Waals surface area contributed by atoms with Gasteiger partial charge in [-0.15, -0.1) is 24.2 Å². The highest BCUT2D eigenvalue weighted by atomic mass is 35.5. The molecule has 0 spiro atoms. The summed E-state index contributed by atoms with van der Waals surface area (Å²) in [7, 11) is 0. The Hall–Kier alpha value is -2.94. The molecular formula is C30H37ClN4O2S2. The highest BCUT2D eigenvalue weighted by Crippen LogP contribution is 2.44. The van der Waals surface area contributed by atoms with Crippen molar-refractivity contribution < 1.29 is 9.84 Å². The molecule has 0 amide bonds. The van der Waals surface area contributed by atoms with E-state index in [-0.39, 0.29) is 24.0 Å². The summed E-state index contributed by atoms with van der Waals surface area (Å²) in [5, 5.41) is 18.6. The zero-order valence-electron chi connectivity index (χ0n) is 22.8. The number of thioether (sulfide) groups is 1. The van der Waals surface area contributed by atoms with E-state index in [0.717, 1.165) is 74.9 Å². The Bertz CT molecular complexity index is 1360. The molecule has 0 aromatic heterocycles. The summed E-state index contributed by atoms with van der Waals surface area (Å²) in [6, 6.07) is 15.9. The van der Waals surface area contributed by atoms with Crippen molar-refractivity contribution in [2.75, 3.05) is 10.7 Å². The number of hydrogen-bond acceptors (Lipinski definition) is 5. The number of rotatable bonds is 8. The maximum absolute atomic E-state index is 10.4. The monoisotopic (exact) mass is 584 g/mol. The van der Waals surface area contributed by atoms with Crippen molar-refractivity contribution in [1.82, 2.24) is 0 Å². The SMILES string of the molecule is Cc1c(C)c2c(c(C)c1O)CCC(C)(CCSc1ccc(N(C(=N)N)c3ccc(CC(N)=S)cc3)cc1)O2.Cl. The predicted octanol–water partition coefficient (Wildman–Crippen LogP) is 6.87. The van der Waals surface area contributed by atoms with E-state index in [1.807, 2.05) is 57.2 Å². The van der Waals surface area contributed by atoms with E-state index in [1.54, 1.807) is 16.7 Å². The van der Waals surface area contributed by atoms with Crippen molar-refractivity contribution in [1.29, 1.82) is 5.41 Å². The van der Waals surface area contributed by atoms with Crippen molar-refractivity contribution in [3.63, 3.8) is 0 Å². The average molecular weight is 585 g/mol. The van der Waals surface area contributed by atoms with Gasteiger partial charge in [0.1, 0.15) is 17.1 Å². The molecule has 9 heteroatoms. The summed E-state index contributed by atoms with van der Waals surface area (Å²) in [6.07, 6.45) is 3.29. The van der Waals surface area contributed by atoms with E-state index in [4.69, 9.17) is 33.8 Å². The largest absolute Gasteiger partial charge is 0.507 e. The first-order valence-corrected chi connectivity index (χ1v) is 14.1. The first kappa shape index (κ1) is 30.6. The fourth-order valence-corrected chi connectivity index (χ4v) is 6.20. The lowest BCUT2D eigenvalue weighted by Gasteiger charge is -2.38. The average Bonchev–Trinajstić information content (AvgIpc) is 2.87. The number of nitrogens with zero attached hydrogens (tertiary/aromatic N) is 1. The first-order chi connectivity index (χ1) is 18.0. The molecule has 3 aromatic rings. The highest BCUT2D eigenvalue weighted by molar-refractivity contribution is 7.99. The van der Waals surface area contributed by atoms with Crippen LogP contribution in [0.15, 0.2) is 53.4 Å². The number of ether oxygens (including phenoxy) is 1. The van der Waals surface area contributed by atoms with Crippen molar-refractivity contribution in [3.8, 4) is 11.5 Å². The van der Waals surface area contributed by atoms with Crippen LogP contribution in [-0.2, 0) is 12.8 Å². The van der Waals surface area contributed by atoms with E-state index in [1.165, 1.54) is 0 Å². The molecule has 0 aliphatic carbocycles. The topological polar surface area (TPSA) is 109 Å². The minimum atomic E-state index is -0.244. The Morgan fingerprint density at radius 3 is 2.18 bits per heavy atom. The van der Waals surface area contributed by atoms with Crippen molar-refractivity contribution in [2.45, 2.75) is 63.9 Å². The second-order valence-electron chi connectivity index (χ2n) is 10.2. The van der Waals surface area contributed by atoms with Gasteiger partial charge in [-0.25, -0.2) is 0 Å². The number of halogens is 1. The van der Waals surface area contributed by atoms with Crippen LogP contribution >= 0.6 is 36.4 Å². The molecule has 4 rings (SSSR count). The molecule has 0 radical (unpaired) electrons. The van der Waals surface area contributed by atoms with Gasteiger partial charge in [0, 0.05) is 34.0 Å². The lowest BCUT2D eigenvalue weighted by atomic mass is 9.86. The molecule has 1 heterocycles. The zero-order valence-corrected chi connectivity index (χ0v) is 25.3. The number of benzene rings is 3. The van der Waals surface area contributed by atoms with Gasteiger partial charge >= 0.3 is 0 Å². The minimum absolute atomic E-state index is 0. The number of anilines is 2. The number of hydrogen-bond donors (Lipinski definition) is 4. The van der Waals surface area contributed by atoms with Gasteiger partial charge in [0.25, 0.3) is 0 Å². The third-order valence-electron chi connectivity index (χ3n) is 7.40. The summed E-state index contributed by atoms with van der Waals surface area (Å²) in [5.41, 5.74) is 18.0. The molecule has 208 valence electrons. The lowest BCUT2D eigenvalue weighted by Crippen LogP contribution is -2.37.